The van der Waals surface area contributed by atoms with Gasteiger partial charge in [0.1, 0.15) is 12.2 Å². The van der Waals surface area contributed by atoms with Crippen LogP contribution in [-0.2, 0) is 4.79 Å². The average Bonchev–Trinajstić information content (AvgIpc) is 2.81. The van der Waals surface area contributed by atoms with Crippen molar-refractivity contribution in [2.24, 2.45) is 5.92 Å². The summed E-state index contributed by atoms with van der Waals surface area (Å²) in [6, 6.07) is -0.716. The molecule has 1 atom stereocenters. The summed E-state index contributed by atoms with van der Waals surface area (Å²) in [5.74, 6) is -1.21. The molecule has 1 aliphatic carbocycles. The summed E-state index contributed by atoms with van der Waals surface area (Å²) in [6.45, 7) is 0. The first kappa shape index (κ1) is 9.63. The molecule has 1 heterocycles. The number of imidazole rings is 1. The summed E-state index contributed by atoms with van der Waals surface area (Å²) in [4.78, 5) is 24.2. The molecule has 1 aliphatic rings. The smallest absolute Gasteiger partial charge is 0.381 e. The van der Waals surface area contributed by atoms with Gasteiger partial charge in [-0.3, -0.25) is 4.57 Å². The van der Waals surface area contributed by atoms with Crippen LogP contribution in [0, 0.1) is 16.0 Å². The van der Waals surface area contributed by atoms with Gasteiger partial charge in [0.2, 0.25) is 6.33 Å². The second-order valence-corrected chi connectivity index (χ2v) is 3.56. The number of carboxylic acid groups (broad SMARTS) is 1. The van der Waals surface area contributed by atoms with Crippen LogP contribution in [0.15, 0.2) is 12.5 Å². The van der Waals surface area contributed by atoms with Gasteiger partial charge in [0.25, 0.3) is 0 Å². The lowest BCUT2D eigenvalue weighted by atomic mass is 10.2. The molecule has 0 saturated heterocycles. The number of rotatable bonds is 4. The van der Waals surface area contributed by atoms with Gasteiger partial charge in [0.05, 0.1) is 0 Å². The minimum atomic E-state index is -0.968. The third kappa shape index (κ3) is 1.80. The Balaban J connectivity index is 2.25. The summed E-state index contributed by atoms with van der Waals surface area (Å²) in [6.07, 6.45) is 4.07. The van der Waals surface area contributed by atoms with Crippen LogP contribution < -0.4 is 0 Å². The third-order valence-electron chi connectivity index (χ3n) is 2.42. The Kier molecular flexibility index (Phi) is 2.14. The van der Waals surface area contributed by atoms with Crippen molar-refractivity contribution >= 4 is 11.8 Å². The molecule has 0 aliphatic heterocycles. The molecule has 0 aromatic carbocycles. The second-order valence-electron chi connectivity index (χ2n) is 3.56. The zero-order valence-electron chi connectivity index (χ0n) is 7.74. The number of carboxylic acids is 1. The molecule has 1 aromatic heterocycles. The van der Waals surface area contributed by atoms with Crippen LogP contribution in [0.3, 0.4) is 0 Å². The number of carbonyl (C=O) groups is 1. The molecule has 1 saturated carbocycles. The fraction of sp³-hybridized carbons (Fsp3) is 0.500. The van der Waals surface area contributed by atoms with Gasteiger partial charge in [-0.25, -0.2) is 4.79 Å². The lowest BCUT2D eigenvalue weighted by Gasteiger charge is -2.10. The first-order chi connectivity index (χ1) is 7.09. The highest BCUT2D eigenvalue weighted by atomic mass is 16.6. The molecule has 7 heteroatoms. The van der Waals surface area contributed by atoms with Crippen molar-refractivity contribution in [3.8, 4) is 0 Å². The van der Waals surface area contributed by atoms with Crippen LogP contribution in [-0.4, -0.2) is 25.6 Å². The minimum absolute atomic E-state index is 0.0799. The van der Waals surface area contributed by atoms with Crippen LogP contribution in [0.1, 0.15) is 18.9 Å². The molecule has 2 rings (SSSR count). The second kappa shape index (κ2) is 3.34. The fourth-order valence-corrected chi connectivity index (χ4v) is 1.56. The van der Waals surface area contributed by atoms with Gasteiger partial charge in [-0.1, -0.05) is 0 Å². The van der Waals surface area contributed by atoms with Gasteiger partial charge in [0, 0.05) is 0 Å². The van der Waals surface area contributed by atoms with E-state index in [0.717, 1.165) is 19.0 Å². The van der Waals surface area contributed by atoms with Crippen molar-refractivity contribution in [3.05, 3.63) is 22.6 Å². The largest absolute Gasteiger partial charge is 0.480 e. The maximum Gasteiger partial charge on any atom is 0.381 e. The van der Waals surface area contributed by atoms with Gasteiger partial charge in [0.15, 0.2) is 0 Å². The Morgan fingerprint density at radius 1 is 1.73 bits per heavy atom. The van der Waals surface area contributed by atoms with Gasteiger partial charge >= 0.3 is 11.8 Å². The number of hydrogen-bond acceptors (Lipinski definition) is 4. The molecule has 15 heavy (non-hydrogen) atoms. The van der Waals surface area contributed by atoms with Crippen LogP contribution in [0.4, 0.5) is 5.82 Å². The van der Waals surface area contributed by atoms with Crippen LogP contribution in [0.5, 0.6) is 0 Å². The van der Waals surface area contributed by atoms with E-state index in [1.807, 2.05) is 0 Å². The number of nitrogens with zero attached hydrogens (tertiary/aromatic N) is 3. The van der Waals surface area contributed by atoms with E-state index in [2.05, 4.69) is 4.98 Å². The van der Waals surface area contributed by atoms with Crippen molar-refractivity contribution in [1.29, 1.82) is 0 Å². The average molecular weight is 211 g/mol. The number of aromatic nitrogens is 2. The number of aliphatic carboxylic acids is 1. The predicted octanol–water partition coefficient (Wildman–Crippen LogP) is 0.827. The Hall–Kier alpha value is -1.92. The Morgan fingerprint density at radius 3 is 2.80 bits per heavy atom. The highest BCUT2D eigenvalue weighted by Gasteiger charge is 2.38. The topological polar surface area (TPSA) is 98.3 Å². The standard InChI is InChI=1S/C8H9N3O4/c12-8(13)7(5-1-2-5)10-3-6(9-4-10)11(14)15/h3-5,7H,1-2H2,(H,12,13). The van der Waals surface area contributed by atoms with E-state index < -0.39 is 16.9 Å². The first-order valence-corrected chi connectivity index (χ1v) is 4.50. The van der Waals surface area contributed by atoms with Gasteiger partial charge < -0.3 is 15.2 Å². The van der Waals surface area contributed by atoms with E-state index >= 15 is 0 Å². The van der Waals surface area contributed by atoms with E-state index in [0.29, 0.717) is 0 Å². The molecule has 0 radical (unpaired) electrons. The maximum atomic E-state index is 10.9. The monoisotopic (exact) mass is 211 g/mol. The van der Waals surface area contributed by atoms with Crippen LogP contribution >= 0.6 is 0 Å². The molecule has 0 amide bonds. The normalized spacial score (nSPS) is 17.3. The zero-order valence-corrected chi connectivity index (χ0v) is 7.74. The van der Waals surface area contributed by atoms with Crippen molar-refractivity contribution < 1.29 is 14.8 Å². The predicted molar refractivity (Wildman–Crippen MR) is 48.3 cm³/mol. The Morgan fingerprint density at radius 2 is 2.40 bits per heavy atom. The highest BCUT2D eigenvalue weighted by Crippen LogP contribution is 2.40. The van der Waals surface area contributed by atoms with Crippen molar-refractivity contribution in [2.45, 2.75) is 18.9 Å². The van der Waals surface area contributed by atoms with E-state index in [9.17, 15) is 14.9 Å². The molecule has 80 valence electrons. The van der Waals surface area contributed by atoms with Gasteiger partial charge in [-0.2, -0.15) is 0 Å². The van der Waals surface area contributed by atoms with E-state index in [4.69, 9.17) is 5.11 Å². The summed E-state index contributed by atoms with van der Waals surface area (Å²) in [5.41, 5.74) is 0. The van der Waals surface area contributed by atoms with Gasteiger partial charge in [-0.15, -0.1) is 0 Å². The van der Waals surface area contributed by atoms with Crippen molar-refractivity contribution in [1.82, 2.24) is 9.55 Å². The molecule has 1 N–H and O–H groups in total. The van der Waals surface area contributed by atoms with Crippen molar-refractivity contribution in [3.63, 3.8) is 0 Å². The molecular formula is C8H9N3O4. The lowest BCUT2D eigenvalue weighted by Crippen LogP contribution is -2.19. The molecule has 0 bridgehead atoms. The van der Waals surface area contributed by atoms with Crippen LogP contribution in [0.2, 0.25) is 0 Å². The Labute approximate surface area is 84.5 Å². The quantitative estimate of drug-likeness (QED) is 0.587. The molecule has 0 spiro atoms. The third-order valence-corrected chi connectivity index (χ3v) is 2.42. The van der Waals surface area contributed by atoms with Gasteiger partial charge in [-0.05, 0) is 28.7 Å². The molecule has 1 fully saturated rings. The number of nitro groups is 1. The summed E-state index contributed by atoms with van der Waals surface area (Å²) >= 11 is 0. The molecule has 7 nitrogen and oxygen atoms in total. The summed E-state index contributed by atoms with van der Waals surface area (Å²) in [5, 5.41) is 19.3. The summed E-state index contributed by atoms with van der Waals surface area (Å²) < 4.78 is 1.30. The first-order valence-electron chi connectivity index (χ1n) is 4.50. The lowest BCUT2D eigenvalue weighted by molar-refractivity contribution is -0.389. The van der Waals surface area contributed by atoms with Crippen molar-refractivity contribution in [2.75, 3.05) is 0 Å². The van der Waals surface area contributed by atoms with Crippen LogP contribution in [0.25, 0.3) is 0 Å². The van der Waals surface area contributed by atoms with E-state index in [-0.39, 0.29) is 11.7 Å². The zero-order chi connectivity index (χ0) is 11.0. The minimum Gasteiger partial charge on any atom is -0.480 e. The highest BCUT2D eigenvalue weighted by molar-refractivity contribution is 5.72. The molecule has 1 unspecified atom stereocenters. The maximum absolute atomic E-state index is 10.9. The van der Waals surface area contributed by atoms with E-state index in [1.54, 1.807) is 0 Å². The molecule has 1 aromatic rings. The molecular weight excluding hydrogens is 202 g/mol. The fourth-order valence-electron chi connectivity index (χ4n) is 1.56. The SMILES string of the molecule is O=C(O)C(C1CC1)n1cnc([N+](=O)[O-])c1. The van der Waals surface area contributed by atoms with E-state index in [1.165, 1.54) is 10.9 Å². The number of hydrogen-bond donors (Lipinski definition) is 1. The summed E-state index contributed by atoms with van der Waals surface area (Å²) in [7, 11) is 0. The Bertz CT molecular complexity index is 410.